The third-order valence-corrected chi connectivity index (χ3v) is 4.56. The van der Waals surface area contributed by atoms with E-state index in [0.29, 0.717) is 6.04 Å². The van der Waals surface area contributed by atoms with E-state index in [9.17, 15) is 0 Å². The minimum Gasteiger partial charge on any atom is -0.310 e. The topological polar surface area (TPSA) is 12.0 Å². The molecule has 0 fully saturated rings. The van der Waals surface area contributed by atoms with Crippen molar-refractivity contribution >= 4 is 27.7 Å². The highest BCUT2D eigenvalue weighted by molar-refractivity contribution is 9.10. The fraction of sp³-hybridized carbons (Fsp3) is 0.600. The molecule has 0 aliphatic rings. The number of benzene rings is 1. The first-order chi connectivity index (χ1) is 8.69. The summed E-state index contributed by atoms with van der Waals surface area (Å²) in [6, 6.07) is 7.06. The molecule has 0 aliphatic heterocycles. The molecule has 0 saturated heterocycles. The molecule has 1 rings (SSSR count). The van der Waals surface area contributed by atoms with Crippen LogP contribution in [0.25, 0.3) is 0 Å². The van der Waals surface area contributed by atoms with Gasteiger partial charge in [-0.3, -0.25) is 0 Å². The standard InChI is InChI=1S/C15H24BrNS/c1-4-6-10-18-15-8-7-13(16)11-14(15)12(3)17-9-5-2/h7-8,11-12,17H,4-6,9-10H2,1-3H3. The quantitative estimate of drug-likeness (QED) is 0.506. The lowest BCUT2D eigenvalue weighted by atomic mass is 10.1. The van der Waals surface area contributed by atoms with Gasteiger partial charge in [-0.25, -0.2) is 0 Å². The van der Waals surface area contributed by atoms with Gasteiger partial charge in [-0.15, -0.1) is 11.8 Å². The lowest BCUT2D eigenvalue weighted by Crippen LogP contribution is -2.19. The molecular weight excluding hydrogens is 306 g/mol. The summed E-state index contributed by atoms with van der Waals surface area (Å²) in [6.45, 7) is 7.78. The fourth-order valence-electron chi connectivity index (χ4n) is 1.79. The van der Waals surface area contributed by atoms with E-state index >= 15 is 0 Å². The number of hydrogen-bond donors (Lipinski definition) is 1. The Labute approximate surface area is 124 Å². The average Bonchev–Trinajstić information content (AvgIpc) is 2.38. The zero-order valence-electron chi connectivity index (χ0n) is 11.6. The lowest BCUT2D eigenvalue weighted by Gasteiger charge is -2.18. The largest absolute Gasteiger partial charge is 0.310 e. The molecule has 0 saturated carbocycles. The molecule has 0 aliphatic carbocycles. The number of hydrogen-bond acceptors (Lipinski definition) is 2. The number of halogens is 1. The predicted molar refractivity (Wildman–Crippen MR) is 86.5 cm³/mol. The molecule has 0 heterocycles. The van der Waals surface area contributed by atoms with E-state index in [1.54, 1.807) is 0 Å². The molecular formula is C15H24BrNS. The van der Waals surface area contributed by atoms with Crippen molar-refractivity contribution in [2.45, 2.75) is 51.0 Å². The first-order valence-electron chi connectivity index (χ1n) is 6.84. The van der Waals surface area contributed by atoms with Gasteiger partial charge in [0.2, 0.25) is 0 Å². The van der Waals surface area contributed by atoms with Crippen LogP contribution in [0, 0.1) is 0 Å². The highest BCUT2D eigenvalue weighted by atomic mass is 79.9. The van der Waals surface area contributed by atoms with Crippen molar-refractivity contribution < 1.29 is 0 Å². The van der Waals surface area contributed by atoms with Crippen LogP contribution in [0.5, 0.6) is 0 Å². The lowest BCUT2D eigenvalue weighted by molar-refractivity contribution is 0.563. The minimum atomic E-state index is 0.423. The van der Waals surface area contributed by atoms with Crippen LogP contribution in [0.3, 0.4) is 0 Å². The van der Waals surface area contributed by atoms with E-state index < -0.39 is 0 Å². The molecule has 3 heteroatoms. The van der Waals surface area contributed by atoms with Crippen LogP contribution in [-0.4, -0.2) is 12.3 Å². The summed E-state index contributed by atoms with van der Waals surface area (Å²) in [7, 11) is 0. The summed E-state index contributed by atoms with van der Waals surface area (Å²) in [4.78, 5) is 1.42. The van der Waals surface area contributed by atoms with Gasteiger partial charge in [-0.2, -0.15) is 0 Å². The molecule has 102 valence electrons. The molecule has 1 aromatic rings. The number of unbranched alkanes of at least 4 members (excludes halogenated alkanes) is 1. The van der Waals surface area contributed by atoms with Crippen molar-refractivity contribution in [1.29, 1.82) is 0 Å². The van der Waals surface area contributed by atoms with Gasteiger partial charge in [0.25, 0.3) is 0 Å². The average molecular weight is 330 g/mol. The van der Waals surface area contributed by atoms with Gasteiger partial charge in [0.1, 0.15) is 0 Å². The molecule has 1 N–H and O–H groups in total. The Morgan fingerprint density at radius 2 is 2.06 bits per heavy atom. The second-order valence-electron chi connectivity index (χ2n) is 4.56. The molecule has 0 radical (unpaired) electrons. The van der Waals surface area contributed by atoms with Crippen LogP contribution in [0.4, 0.5) is 0 Å². The van der Waals surface area contributed by atoms with Crippen molar-refractivity contribution in [1.82, 2.24) is 5.32 Å². The van der Waals surface area contributed by atoms with E-state index in [2.05, 4.69) is 60.2 Å². The maximum atomic E-state index is 3.58. The van der Waals surface area contributed by atoms with Crippen molar-refractivity contribution in [3.63, 3.8) is 0 Å². The Hall–Kier alpha value is 0.01000. The maximum absolute atomic E-state index is 3.58. The summed E-state index contributed by atoms with van der Waals surface area (Å²) in [5, 5.41) is 3.57. The molecule has 1 nitrogen and oxygen atoms in total. The Morgan fingerprint density at radius 1 is 1.28 bits per heavy atom. The van der Waals surface area contributed by atoms with E-state index in [0.717, 1.165) is 6.54 Å². The zero-order valence-corrected chi connectivity index (χ0v) is 14.0. The molecule has 0 bridgehead atoms. The third kappa shape index (κ3) is 5.33. The summed E-state index contributed by atoms with van der Waals surface area (Å²) in [5.74, 6) is 1.21. The Kier molecular flexibility index (Phi) is 8.03. The van der Waals surface area contributed by atoms with Crippen molar-refractivity contribution in [2.24, 2.45) is 0 Å². The van der Waals surface area contributed by atoms with E-state index in [1.807, 2.05) is 11.8 Å². The van der Waals surface area contributed by atoms with Crippen LogP contribution < -0.4 is 5.32 Å². The first kappa shape index (κ1) is 16.1. The van der Waals surface area contributed by atoms with Gasteiger partial charge >= 0.3 is 0 Å². The predicted octanol–water partition coefficient (Wildman–Crippen LogP) is 5.40. The SMILES string of the molecule is CCCCSc1ccc(Br)cc1C(C)NCCC. The van der Waals surface area contributed by atoms with Gasteiger partial charge in [0.05, 0.1) is 0 Å². The van der Waals surface area contributed by atoms with Gasteiger partial charge in [0.15, 0.2) is 0 Å². The summed E-state index contributed by atoms with van der Waals surface area (Å²) in [5.41, 5.74) is 1.42. The van der Waals surface area contributed by atoms with Crippen LogP contribution in [0.1, 0.15) is 51.6 Å². The van der Waals surface area contributed by atoms with Crippen LogP contribution in [0.15, 0.2) is 27.6 Å². The van der Waals surface area contributed by atoms with Crippen LogP contribution >= 0.6 is 27.7 Å². The highest BCUT2D eigenvalue weighted by Gasteiger charge is 2.10. The molecule has 1 atom stereocenters. The molecule has 0 amide bonds. The van der Waals surface area contributed by atoms with Crippen LogP contribution in [0.2, 0.25) is 0 Å². The van der Waals surface area contributed by atoms with Crippen LogP contribution in [-0.2, 0) is 0 Å². The summed E-state index contributed by atoms with van der Waals surface area (Å²) in [6.07, 6.45) is 3.73. The smallest absolute Gasteiger partial charge is 0.0303 e. The normalized spacial score (nSPS) is 12.7. The molecule has 1 unspecified atom stereocenters. The molecule has 1 aromatic carbocycles. The maximum Gasteiger partial charge on any atom is 0.0303 e. The van der Waals surface area contributed by atoms with Crippen molar-refractivity contribution in [3.05, 3.63) is 28.2 Å². The highest BCUT2D eigenvalue weighted by Crippen LogP contribution is 2.30. The zero-order chi connectivity index (χ0) is 13.4. The van der Waals surface area contributed by atoms with E-state index in [4.69, 9.17) is 0 Å². The Balaban J connectivity index is 2.75. The third-order valence-electron chi connectivity index (χ3n) is 2.89. The van der Waals surface area contributed by atoms with Gasteiger partial charge in [0, 0.05) is 15.4 Å². The molecule has 18 heavy (non-hydrogen) atoms. The summed E-state index contributed by atoms with van der Waals surface area (Å²) >= 11 is 5.56. The summed E-state index contributed by atoms with van der Waals surface area (Å²) < 4.78 is 1.17. The number of thioether (sulfide) groups is 1. The van der Waals surface area contributed by atoms with Gasteiger partial charge in [-0.05, 0) is 55.8 Å². The second-order valence-corrected chi connectivity index (χ2v) is 6.61. The Morgan fingerprint density at radius 3 is 2.72 bits per heavy atom. The first-order valence-corrected chi connectivity index (χ1v) is 8.62. The van der Waals surface area contributed by atoms with Gasteiger partial charge < -0.3 is 5.32 Å². The molecule has 0 aromatic heterocycles. The Bertz CT molecular complexity index is 354. The van der Waals surface area contributed by atoms with Gasteiger partial charge in [-0.1, -0.05) is 36.2 Å². The molecule has 0 spiro atoms. The fourth-order valence-corrected chi connectivity index (χ4v) is 3.38. The number of rotatable bonds is 8. The minimum absolute atomic E-state index is 0.423. The second kappa shape index (κ2) is 9.00. The van der Waals surface area contributed by atoms with E-state index in [-0.39, 0.29) is 0 Å². The van der Waals surface area contributed by atoms with Crippen molar-refractivity contribution in [2.75, 3.05) is 12.3 Å². The monoisotopic (exact) mass is 329 g/mol. The van der Waals surface area contributed by atoms with E-state index in [1.165, 1.54) is 39.9 Å². The number of nitrogens with one attached hydrogen (secondary N) is 1. The van der Waals surface area contributed by atoms with Crippen molar-refractivity contribution in [3.8, 4) is 0 Å².